The van der Waals surface area contributed by atoms with Gasteiger partial charge in [-0.05, 0) is 36.4 Å². The molecular formula is C20H12F2N2O4S. The van der Waals surface area contributed by atoms with E-state index in [1.807, 2.05) is 0 Å². The summed E-state index contributed by atoms with van der Waals surface area (Å²) in [7, 11) is 0. The Morgan fingerprint density at radius 1 is 1.14 bits per heavy atom. The molecule has 0 unspecified atom stereocenters. The zero-order chi connectivity index (χ0) is 20.0. The topological polar surface area (TPSA) is 64.8 Å². The number of ether oxygens (including phenoxy) is 2. The Bertz CT molecular complexity index is 1220. The van der Waals surface area contributed by atoms with E-state index in [1.165, 1.54) is 17.2 Å². The maximum absolute atomic E-state index is 14.1. The summed E-state index contributed by atoms with van der Waals surface area (Å²) in [6.07, 6.45) is 1.49. The molecule has 1 aliphatic heterocycles. The highest BCUT2D eigenvalue weighted by Gasteiger charge is 2.25. The van der Waals surface area contributed by atoms with Gasteiger partial charge in [-0.15, -0.1) is 0 Å². The summed E-state index contributed by atoms with van der Waals surface area (Å²) in [5.74, 6) is -0.339. The average Bonchev–Trinajstić information content (AvgIpc) is 3.44. The van der Waals surface area contributed by atoms with Crippen LogP contribution < -0.4 is 14.4 Å². The number of aromatic nitrogens is 1. The van der Waals surface area contributed by atoms with E-state index in [4.69, 9.17) is 13.9 Å². The molecule has 2 aromatic carbocycles. The molecule has 0 bridgehead atoms. The van der Waals surface area contributed by atoms with Crippen molar-refractivity contribution in [1.82, 2.24) is 4.98 Å². The maximum atomic E-state index is 14.1. The summed E-state index contributed by atoms with van der Waals surface area (Å²) in [5, 5.41) is 0.226. The van der Waals surface area contributed by atoms with E-state index in [-0.39, 0.29) is 29.9 Å². The average molecular weight is 414 g/mol. The number of carbonyl (C=O) groups is 1. The lowest BCUT2D eigenvalue weighted by molar-refractivity contribution is 0.0982. The normalized spacial score (nSPS) is 12.5. The van der Waals surface area contributed by atoms with Crippen molar-refractivity contribution in [2.24, 2.45) is 0 Å². The molecule has 0 fully saturated rings. The molecule has 1 aliphatic rings. The first-order valence-corrected chi connectivity index (χ1v) is 9.39. The van der Waals surface area contributed by atoms with E-state index >= 15 is 0 Å². The standard InChI is InChI=1S/C20H12F2N2O4S/c21-12-7-14(22)18-17(8-12)29-20(23-18)24(9-13-2-1-5-26-13)19(25)11-3-4-15-16(6-11)28-10-27-15/h1-8H,9-10H2. The van der Waals surface area contributed by atoms with E-state index in [0.29, 0.717) is 27.5 Å². The molecule has 146 valence electrons. The van der Waals surface area contributed by atoms with Crippen molar-refractivity contribution in [3.05, 3.63) is 71.7 Å². The minimum absolute atomic E-state index is 0.00864. The first kappa shape index (κ1) is 17.6. The van der Waals surface area contributed by atoms with Crippen LogP contribution in [0.25, 0.3) is 10.2 Å². The highest BCUT2D eigenvalue weighted by Crippen LogP contribution is 2.35. The summed E-state index contributed by atoms with van der Waals surface area (Å²) in [6, 6.07) is 10.2. The van der Waals surface area contributed by atoms with Gasteiger partial charge in [0.2, 0.25) is 6.79 Å². The van der Waals surface area contributed by atoms with Crippen LogP contribution in [0.2, 0.25) is 0 Å². The number of halogens is 2. The molecule has 0 radical (unpaired) electrons. The van der Waals surface area contributed by atoms with E-state index < -0.39 is 11.6 Å². The first-order chi connectivity index (χ1) is 14.1. The summed E-state index contributed by atoms with van der Waals surface area (Å²) in [6.45, 7) is 0.163. The van der Waals surface area contributed by atoms with Crippen molar-refractivity contribution in [3.63, 3.8) is 0 Å². The fourth-order valence-electron chi connectivity index (χ4n) is 3.03. The zero-order valence-electron chi connectivity index (χ0n) is 14.7. The van der Waals surface area contributed by atoms with Crippen LogP contribution in [0.3, 0.4) is 0 Å². The van der Waals surface area contributed by atoms with Crippen LogP contribution in [-0.4, -0.2) is 17.7 Å². The van der Waals surface area contributed by atoms with Gasteiger partial charge < -0.3 is 13.9 Å². The van der Waals surface area contributed by atoms with Gasteiger partial charge in [-0.1, -0.05) is 11.3 Å². The van der Waals surface area contributed by atoms with Gasteiger partial charge in [0.05, 0.1) is 17.5 Å². The van der Waals surface area contributed by atoms with Crippen LogP contribution in [0.15, 0.2) is 53.1 Å². The Morgan fingerprint density at radius 3 is 2.83 bits per heavy atom. The number of carbonyl (C=O) groups excluding carboxylic acids is 1. The number of benzene rings is 2. The Morgan fingerprint density at radius 2 is 2.00 bits per heavy atom. The molecule has 6 nitrogen and oxygen atoms in total. The molecule has 2 aromatic heterocycles. The summed E-state index contributed by atoms with van der Waals surface area (Å²) < 4.78 is 44.0. The van der Waals surface area contributed by atoms with Gasteiger partial charge in [0.15, 0.2) is 22.4 Å². The monoisotopic (exact) mass is 414 g/mol. The lowest BCUT2D eigenvalue weighted by atomic mass is 10.1. The predicted octanol–water partition coefficient (Wildman–Crippen LogP) is 4.74. The molecule has 29 heavy (non-hydrogen) atoms. The van der Waals surface area contributed by atoms with Crippen molar-refractivity contribution < 1.29 is 27.5 Å². The Hall–Kier alpha value is -3.46. The smallest absolute Gasteiger partial charge is 0.260 e. The summed E-state index contributed by atoms with van der Waals surface area (Å²) >= 11 is 1.02. The van der Waals surface area contributed by atoms with Gasteiger partial charge >= 0.3 is 0 Å². The fraction of sp³-hybridized carbons (Fsp3) is 0.100. The summed E-state index contributed by atoms with van der Waals surface area (Å²) in [5.41, 5.74) is 0.348. The number of nitrogens with zero attached hydrogens (tertiary/aromatic N) is 2. The van der Waals surface area contributed by atoms with E-state index in [0.717, 1.165) is 17.4 Å². The van der Waals surface area contributed by atoms with Gasteiger partial charge in [0.1, 0.15) is 17.1 Å². The molecule has 0 spiro atoms. The molecule has 0 saturated heterocycles. The number of hydrogen-bond acceptors (Lipinski definition) is 6. The van der Waals surface area contributed by atoms with Crippen LogP contribution in [0.1, 0.15) is 16.1 Å². The third kappa shape index (κ3) is 3.19. The first-order valence-electron chi connectivity index (χ1n) is 8.58. The third-order valence-electron chi connectivity index (χ3n) is 4.39. The van der Waals surface area contributed by atoms with Gasteiger partial charge in [-0.2, -0.15) is 0 Å². The lowest BCUT2D eigenvalue weighted by Gasteiger charge is -2.19. The maximum Gasteiger partial charge on any atom is 0.260 e. The predicted molar refractivity (Wildman–Crippen MR) is 101 cm³/mol. The van der Waals surface area contributed by atoms with Crippen LogP contribution >= 0.6 is 11.3 Å². The van der Waals surface area contributed by atoms with Crippen LogP contribution in [-0.2, 0) is 6.54 Å². The third-order valence-corrected chi connectivity index (χ3v) is 5.42. The van der Waals surface area contributed by atoms with E-state index in [2.05, 4.69) is 4.98 Å². The minimum atomic E-state index is -0.782. The second kappa shape index (κ2) is 6.85. The van der Waals surface area contributed by atoms with Gasteiger partial charge in [0, 0.05) is 11.6 Å². The molecule has 5 rings (SSSR count). The second-order valence-electron chi connectivity index (χ2n) is 6.27. The highest BCUT2D eigenvalue weighted by molar-refractivity contribution is 7.22. The molecule has 3 heterocycles. The fourth-order valence-corrected chi connectivity index (χ4v) is 4.03. The zero-order valence-corrected chi connectivity index (χ0v) is 15.5. The van der Waals surface area contributed by atoms with Crippen LogP contribution in [0.4, 0.5) is 13.9 Å². The lowest BCUT2D eigenvalue weighted by Crippen LogP contribution is -2.30. The SMILES string of the molecule is O=C(c1ccc2c(c1)OCO2)N(Cc1ccco1)c1nc2c(F)cc(F)cc2s1. The number of fused-ring (bicyclic) bond motifs is 2. The summed E-state index contributed by atoms with van der Waals surface area (Å²) in [4.78, 5) is 18.9. The Labute approximate surface area is 166 Å². The number of anilines is 1. The van der Waals surface area contributed by atoms with Crippen molar-refractivity contribution in [2.45, 2.75) is 6.54 Å². The molecule has 1 amide bonds. The highest BCUT2D eigenvalue weighted by atomic mass is 32.1. The van der Waals surface area contributed by atoms with Gasteiger partial charge in [0.25, 0.3) is 5.91 Å². The van der Waals surface area contributed by atoms with Crippen molar-refractivity contribution >= 4 is 32.6 Å². The molecular weight excluding hydrogens is 402 g/mol. The molecule has 0 saturated carbocycles. The number of furan rings is 1. The Kier molecular flexibility index (Phi) is 4.17. The van der Waals surface area contributed by atoms with Gasteiger partial charge in [-0.3, -0.25) is 9.69 Å². The number of hydrogen-bond donors (Lipinski definition) is 0. The quantitative estimate of drug-likeness (QED) is 0.483. The van der Waals surface area contributed by atoms with E-state index in [9.17, 15) is 13.6 Å². The molecule has 9 heteroatoms. The van der Waals surface area contributed by atoms with Crippen molar-refractivity contribution in [2.75, 3.05) is 11.7 Å². The van der Waals surface area contributed by atoms with Crippen LogP contribution in [0, 0.1) is 11.6 Å². The molecule has 4 aromatic rings. The number of amides is 1. The van der Waals surface area contributed by atoms with E-state index in [1.54, 1.807) is 30.3 Å². The largest absolute Gasteiger partial charge is 0.467 e. The van der Waals surface area contributed by atoms with Crippen LogP contribution in [0.5, 0.6) is 11.5 Å². The number of thiazole rings is 1. The molecule has 0 atom stereocenters. The molecule has 0 N–H and O–H groups in total. The number of rotatable bonds is 4. The second-order valence-corrected chi connectivity index (χ2v) is 7.28. The van der Waals surface area contributed by atoms with Crippen molar-refractivity contribution in [1.29, 1.82) is 0 Å². The van der Waals surface area contributed by atoms with Gasteiger partial charge in [-0.25, -0.2) is 13.8 Å². The Balaban J connectivity index is 1.58. The molecule has 0 aliphatic carbocycles. The van der Waals surface area contributed by atoms with Crippen molar-refractivity contribution in [3.8, 4) is 11.5 Å². The minimum Gasteiger partial charge on any atom is -0.467 e.